The van der Waals surface area contributed by atoms with Crippen molar-refractivity contribution >= 4 is 0 Å². The van der Waals surface area contributed by atoms with E-state index in [0.29, 0.717) is 12.0 Å². The van der Waals surface area contributed by atoms with Crippen molar-refractivity contribution < 1.29 is 4.74 Å². The van der Waals surface area contributed by atoms with E-state index in [1.807, 2.05) is 12.5 Å². The van der Waals surface area contributed by atoms with Gasteiger partial charge in [-0.25, -0.2) is 4.98 Å². The van der Waals surface area contributed by atoms with Crippen LogP contribution in [0.2, 0.25) is 0 Å². The molecule has 0 bridgehead atoms. The molecule has 0 saturated heterocycles. The first-order valence-electron chi connectivity index (χ1n) is 7.38. The first-order valence-corrected chi connectivity index (χ1v) is 7.38. The molecule has 1 rings (SSSR count). The second-order valence-electron chi connectivity index (χ2n) is 5.87. The molecule has 0 radical (unpaired) electrons. The minimum Gasteiger partial charge on any atom is -0.379 e. The SMILES string of the molecule is CC(C)CC(N)c1cncn1CCCCOC(C)C. The Labute approximate surface area is 117 Å². The predicted molar refractivity (Wildman–Crippen MR) is 78.9 cm³/mol. The smallest absolute Gasteiger partial charge is 0.0948 e. The van der Waals surface area contributed by atoms with E-state index in [-0.39, 0.29) is 6.04 Å². The third-order valence-electron chi connectivity index (χ3n) is 3.09. The lowest BCUT2D eigenvalue weighted by molar-refractivity contribution is 0.0754. The van der Waals surface area contributed by atoms with Crippen LogP contribution in [0.25, 0.3) is 0 Å². The van der Waals surface area contributed by atoms with Gasteiger partial charge in [0.1, 0.15) is 0 Å². The van der Waals surface area contributed by atoms with Crippen LogP contribution in [0.3, 0.4) is 0 Å². The summed E-state index contributed by atoms with van der Waals surface area (Å²) < 4.78 is 7.72. The van der Waals surface area contributed by atoms with Gasteiger partial charge in [0.15, 0.2) is 0 Å². The van der Waals surface area contributed by atoms with Crippen LogP contribution in [0.5, 0.6) is 0 Å². The highest BCUT2D eigenvalue weighted by Gasteiger charge is 2.12. The molecule has 110 valence electrons. The van der Waals surface area contributed by atoms with Crippen LogP contribution < -0.4 is 5.73 Å². The summed E-state index contributed by atoms with van der Waals surface area (Å²) in [6.45, 7) is 10.3. The Kier molecular flexibility index (Phi) is 7.10. The van der Waals surface area contributed by atoms with E-state index in [0.717, 1.165) is 38.1 Å². The molecule has 0 aliphatic carbocycles. The van der Waals surface area contributed by atoms with Crippen LogP contribution >= 0.6 is 0 Å². The number of aryl methyl sites for hydroxylation is 1. The molecule has 1 unspecified atom stereocenters. The molecule has 0 aromatic carbocycles. The van der Waals surface area contributed by atoms with Crippen molar-refractivity contribution in [3.8, 4) is 0 Å². The normalized spacial score (nSPS) is 13.4. The van der Waals surface area contributed by atoms with Crippen molar-refractivity contribution in [3.05, 3.63) is 18.2 Å². The van der Waals surface area contributed by atoms with Gasteiger partial charge < -0.3 is 15.0 Å². The van der Waals surface area contributed by atoms with E-state index in [1.54, 1.807) is 0 Å². The minimum absolute atomic E-state index is 0.0921. The molecule has 0 amide bonds. The Balaban J connectivity index is 2.36. The second-order valence-corrected chi connectivity index (χ2v) is 5.87. The number of nitrogens with two attached hydrogens (primary N) is 1. The molecule has 0 aliphatic rings. The van der Waals surface area contributed by atoms with E-state index in [2.05, 4.69) is 37.2 Å². The zero-order valence-corrected chi connectivity index (χ0v) is 12.8. The quantitative estimate of drug-likeness (QED) is 0.699. The average Bonchev–Trinajstić information content (AvgIpc) is 2.75. The zero-order valence-electron chi connectivity index (χ0n) is 12.8. The molecular formula is C15H29N3O. The summed E-state index contributed by atoms with van der Waals surface area (Å²) in [5.41, 5.74) is 7.38. The molecule has 0 spiro atoms. The minimum atomic E-state index is 0.0921. The Morgan fingerprint density at radius 1 is 1.26 bits per heavy atom. The van der Waals surface area contributed by atoms with Gasteiger partial charge in [0.25, 0.3) is 0 Å². The van der Waals surface area contributed by atoms with E-state index in [9.17, 15) is 0 Å². The monoisotopic (exact) mass is 267 g/mol. The molecule has 0 saturated carbocycles. The van der Waals surface area contributed by atoms with Crippen LogP contribution in [0.4, 0.5) is 0 Å². The van der Waals surface area contributed by atoms with Crippen molar-refractivity contribution in [2.24, 2.45) is 11.7 Å². The summed E-state index contributed by atoms with van der Waals surface area (Å²) in [5, 5.41) is 0. The largest absolute Gasteiger partial charge is 0.379 e. The zero-order chi connectivity index (χ0) is 14.3. The van der Waals surface area contributed by atoms with E-state index in [4.69, 9.17) is 10.5 Å². The number of hydrogen-bond acceptors (Lipinski definition) is 3. The molecule has 1 aromatic heterocycles. The molecule has 1 aromatic rings. The second kappa shape index (κ2) is 8.33. The van der Waals surface area contributed by atoms with Crippen molar-refractivity contribution in [2.75, 3.05) is 6.61 Å². The third kappa shape index (κ3) is 6.21. The van der Waals surface area contributed by atoms with E-state index >= 15 is 0 Å². The lowest BCUT2D eigenvalue weighted by Crippen LogP contribution is -2.17. The van der Waals surface area contributed by atoms with Crippen molar-refractivity contribution in [2.45, 2.75) is 65.6 Å². The maximum Gasteiger partial charge on any atom is 0.0948 e. The van der Waals surface area contributed by atoms with Gasteiger partial charge in [-0.2, -0.15) is 0 Å². The standard InChI is InChI=1S/C15H29N3O/c1-12(2)9-14(16)15-10-17-11-18(15)7-5-6-8-19-13(3)4/h10-14H,5-9,16H2,1-4H3. The summed E-state index contributed by atoms with van der Waals surface area (Å²) in [6.07, 6.45) is 7.29. The number of hydrogen-bond donors (Lipinski definition) is 1. The van der Waals surface area contributed by atoms with Gasteiger partial charge in [-0.05, 0) is 39.0 Å². The van der Waals surface area contributed by atoms with Crippen LogP contribution in [-0.4, -0.2) is 22.3 Å². The topological polar surface area (TPSA) is 53.1 Å². The first kappa shape index (κ1) is 16.2. The summed E-state index contributed by atoms with van der Waals surface area (Å²) in [5.74, 6) is 0.609. The Morgan fingerprint density at radius 2 is 2.00 bits per heavy atom. The van der Waals surface area contributed by atoms with Gasteiger partial charge in [0, 0.05) is 25.4 Å². The number of unbranched alkanes of at least 4 members (excludes halogenated alkanes) is 1. The van der Waals surface area contributed by atoms with Crippen molar-refractivity contribution in [1.29, 1.82) is 0 Å². The lowest BCUT2D eigenvalue weighted by atomic mass is 10.0. The molecule has 4 nitrogen and oxygen atoms in total. The summed E-state index contributed by atoms with van der Waals surface area (Å²) in [4.78, 5) is 4.23. The molecular weight excluding hydrogens is 238 g/mol. The fourth-order valence-corrected chi connectivity index (χ4v) is 2.16. The third-order valence-corrected chi connectivity index (χ3v) is 3.09. The molecule has 2 N–H and O–H groups in total. The van der Waals surface area contributed by atoms with Crippen LogP contribution in [0, 0.1) is 5.92 Å². The summed E-state index contributed by atoms with van der Waals surface area (Å²) >= 11 is 0. The average molecular weight is 267 g/mol. The van der Waals surface area contributed by atoms with Crippen molar-refractivity contribution in [1.82, 2.24) is 9.55 Å². The van der Waals surface area contributed by atoms with Gasteiger partial charge in [-0.1, -0.05) is 13.8 Å². The molecule has 0 fully saturated rings. The predicted octanol–water partition coefficient (Wildman–Crippen LogP) is 3.13. The number of imidazole rings is 1. The molecule has 19 heavy (non-hydrogen) atoms. The Bertz CT molecular complexity index is 347. The number of ether oxygens (including phenoxy) is 1. The van der Waals surface area contributed by atoms with Gasteiger partial charge in [0.2, 0.25) is 0 Å². The van der Waals surface area contributed by atoms with Crippen LogP contribution in [-0.2, 0) is 11.3 Å². The van der Waals surface area contributed by atoms with E-state index in [1.165, 1.54) is 0 Å². The number of nitrogens with zero attached hydrogens (tertiary/aromatic N) is 2. The molecule has 0 aliphatic heterocycles. The van der Waals surface area contributed by atoms with Gasteiger partial charge >= 0.3 is 0 Å². The number of rotatable bonds is 9. The highest BCUT2D eigenvalue weighted by atomic mass is 16.5. The van der Waals surface area contributed by atoms with Gasteiger partial charge in [0.05, 0.1) is 18.1 Å². The summed E-state index contributed by atoms with van der Waals surface area (Å²) in [6, 6.07) is 0.0921. The fourth-order valence-electron chi connectivity index (χ4n) is 2.16. The summed E-state index contributed by atoms with van der Waals surface area (Å²) in [7, 11) is 0. The van der Waals surface area contributed by atoms with Crippen LogP contribution in [0.15, 0.2) is 12.5 Å². The highest BCUT2D eigenvalue weighted by molar-refractivity contribution is 5.04. The Hall–Kier alpha value is -0.870. The van der Waals surface area contributed by atoms with E-state index < -0.39 is 0 Å². The lowest BCUT2D eigenvalue weighted by Gasteiger charge is -2.16. The van der Waals surface area contributed by atoms with Crippen LogP contribution in [0.1, 0.15) is 58.7 Å². The number of aromatic nitrogens is 2. The van der Waals surface area contributed by atoms with Gasteiger partial charge in [-0.15, -0.1) is 0 Å². The fraction of sp³-hybridized carbons (Fsp3) is 0.800. The van der Waals surface area contributed by atoms with Gasteiger partial charge in [-0.3, -0.25) is 0 Å². The maximum absolute atomic E-state index is 6.23. The molecule has 1 heterocycles. The maximum atomic E-state index is 6.23. The molecule has 4 heteroatoms. The van der Waals surface area contributed by atoms with Crippen molar-refractivity contribution in [3.63, 3.8) is 0 Å². The Morgan fingerprint density at radius 3 is 2.63 bits per heavy atom. The molecule has 1 atom stereocenters. The highest BCUT2D eigenvalue weighted by Crippen LogP contribution is 2.18. The first-order chi connectivity index (χ1) is 9.00.